The molecule has 1 aromatic heterocycles. The SMILES string of the molecule is CN(C(=N)N)C(=O)c1cc2cccc(OCCCc3ccccc3)c2[nH]1. The fraction of sp³-hybridized carbons (Fsp3) is 0.200. The molecular weight excluding hydrogens is 328 g/mol. The topological polar surface area (TPSA) is 95.2 Å². The highest BCUT2D eigenvalue weighted by atomic mass is 16.5. The molecule has 3 aromatic rings. The first kappa shape index (κ1) is 17.5. The Morgan fingerprint density at radius 2 is 1.96 bits per heavy atom. The molecule has 6 heteroatoms. The number of rotatable bonds is 6. The van der Waals surface area contributed by atoms with Crippen LogP contribution in [0.1, 0.15) is 22.5 Å². The smallest absolute Gasteiger partial charge is 0.276 e. The Kier molecular flexibility index (Phi) is 5.22. The van der Waals surface area contributed by atoms with Crippen LogP contribution in [0.4, 0.5) is 0 Å². The summed E-state index contributed by atoms with van der Waals surface area (Å²) in [7, 11) is 1.47. The number of carbonyl (C=O) groups excluding carboxylic acids is 1. The van der Waals surface area contributed by atoms with Crippen molar-refractivity contribution in [3.8, 4) is 5.75 Å². The molecule has 0 aliphatic rings. The summed E-state index contributed by atoms with van der Waals surface area (Å²) in [6.07, 6.45) is 1.86. The number of aryl methyl sites for hydroxylation is 1. The predicted molar refractivity (Wildman–Crippen MR) is 103 cm³/mol. The van der Waals surface area contributed by atoms with Gasteiger partial charge in [-0.15, -0.1) is 0 Å². The molecule has 1 amide bonds. The predicted octanol–water partition coefficient (Wildman–Crippen LogP) is 3.14. The molecule has 0 unspecified atom stereocenters. The maximum absolute atomic E-state index is 12.3. The molecule has 0 fully saturated rings. The lowest BCUT2D eigenvalue weighted by atomic mass is 10.1. The third-order valence-corrected chi connectivity index (χ3v) is 4.22. The normalized spacial score (nSPS) is 10.7. The fourth-order valence-electron chi connectivity index (χ4n) is 2.76. The number of ether oxygens (including phenoxy) is 1. The fourth-order valence-corrected chi connectivity index (χ4v) is 2.76. The van der Waals surface area contributed by atoms with Crippen LogP contribution < -0.4 is 10.5 Å². The highest BCUT2D eigenvalue weighted by molar-refractivity contribution is 6.06. The minimum Gasteiger partial charge on any atom is -0.491 e. The van der Waals surface area contributed by atoms with E-state index >= 15 is 0 Å². The number of guanidine groups is 1. The lowest BCUT2D eigenvalue weighted by Crippen LogP contribution is -2.38. The minimum absolute atomic E-state index is 0.300. The van der Waals surface area contributed by atoms with Gasteiger partial charge in [-0.2, -0.15) is 0 Å². The molecule has 4 N–H and O–H groups in total. The summed E-state index contributed by atoms with van der Waals surface area (Å²) >= 11 is 0. The van der Waals surface area contributed by atoms with E-state index in [0.29, 0.717) is 18.1 Å². The number of para-hydroxylation sites is 1. The first-order valence-electron chi connectivity index (χ1n) is 8.47. The van der Waals surface area contributed by atoms with E-state index in [1.165, 1.54) is 12.6 Å². The van der Waals surface area contributed by atoms with Crippen molar-refractivity contribution in [1.29, 1.82) is 5.41 Å². The maximum atomic E-state index is 12.3. The number of hydrogen-bond donors (Lipinski definition) is 3. The van der Waals surface area contributed by atoms with Gasteiger partial charge in [0.05, 0.1) is 12.1 Å². The van der Waals surface area contributed by atoms with Gasteiger partial charge < -0.3 is 15.5 Å². The van der Waals surface area contributed by atoms with Gasteiger partial charge in [0.2, 0.25) is 0 Å². The number of benzene rings is 2. The van der Waals surface area contributed by atoms with Crippen molar-refractivity contribution in [2.24, 2.45) is 5.73 Å². The van der Waals surface area contributed by atoms with Crippen molar-refractivity contribution >= 4 is 22.8 Å². The number of hydrogen-bond acceptors (Lipinski definition) is 3. The Bertz CT molecular complexity index is 918. The van der Waals surface area contributed by atoms with Gasteiger partial charge in [-0.05, 0) is 30.5 Å². The van der Waals surface area contributed by atoms with Crippen molar-refractivity contribution in [2.75, 3.05) is 13.7 Å². The van der Waals surface area contributed by atoms with Gasteiger partial charge >= 0.3 is 0 Å². The van der Waals surface area contributed by atoms with Gasteiger partial charge in [0.25, 0.3) is 5.91 Å². The summed E-state index contributed by atoms with van der Waals surface area (Å²) in [6, 6.07) is 17.7. The van der Waals surface area contributed by atoms with E-state index in [0.717, 1.165) is 28.6 Å². The molecule has 2 aromatic carbocycles. The van der Waals surface area contributed by atoms with Gasteiger partial charge in [-0.1, -0.05) is 42.5 Å². The standard InChI is InChI=1S/C20H22N4O2/c1-24(20(21)22)19(25)16-13-15-10-5-11-17(18(15)23-16)26-12-6-9-14-7-3-2-4-8-14/h2-5,7-8,10-11,13,23H,6,9,12H2,1H3,(H3,21,22). The molecule has 0 bridgehead atoms. The van der Waals surface area contributed by atoms with Crippen LogP contribution in [0, 0.1) is 5.41 Å². The highest BCUT2D eigenvalue weighted by Crippen LogP contribution is 2.26. The van der Waals surface area contributed by atoms with Crippen LogP contribution in [-0.4, -0.2) is 35.4 Å². The molecule has 0 saturated heterocycles. The lowest BCUT2D eigenvalue weighted by Gasteiger charge is -2.12. The third kappa shape index (κ3) is 3.85. The second-order valence-electron chi connectivity index (χ2n) is 6.09. The van der Waals surface area contributed by atoms with E-state index in [1.807, 2.05) is 36.4 Å². The van der Waals surface area contributed by atoms with Crippen LogP contribution >= 0.6 is 0 Å². The number of amides is 1. The first-order valence-corrected chi connectivity index (χ1v) is 8.47. The van der Waals surface area contributed by atoms with Crippen molar-refractivity contribution < 1.29 is 9.53 Å². The molecule has 3 rings (SSSR count). The van der Waals surface area contributed by atoms with Crippen molar-refractivity contribution in [3.63, 3.8) is 0 Å². The summed E-state index contributed by atoms with van der Waals surface area (Å²) in [4.78, 5) is 16.5. The molecular formula is C20H22N4O2. The Hall–Kier alpha value is -3.28. The Morgan fingerprint density at radius 3 is 2.69 bits per heavy atom. The van der Waals surface area contributed by atoms with Gasteiger partial charge in [0.1, 0.15) is 11.4 Å². The quantitative estimate of drug-likeness (QED) is 0.362. The number of aromatic nitrogens is 1. The summed E-state index contributed by atoms with van der Waals surface area (Å²) in [5.74, 6) is 0.0508. The Morgan fingerprint density at radius 1 is 1.19 bits per heavy atom. The average Bonchev–Trinajstić information content (AvgIpc) is 3.09. The molecule has 0 saturated carbocycles. The van der Waals surface area contributed by atoms with Crippen molar-refractivity contribution in [1.82, 2.24) is 9.88 Å². The van der Waals surface area contributed by atoms with Crippen LogP contribution in [0.15, 0.2) is 54.6 Å². The zero-order chi connectivity index (χ0) is 18.5. The number of nitrogens with one attached hydrogen (secondary N) is 2. The van der Waals surface area contributed by atoms with E-state index in [4.69, 9.17) is 15.9 Å². The number of nitrogens with zero attached hydrogens (tertiary/aromatic N) is 1. The molecule has 26 heavy (non-hydrogen) atoms. The zero-order valence-corrected chi connectivity index (χ0v) is 14.7. The Labute approximate surface area is 152 Å². The van der Waals surface area contributed by atoms with E-state index < -0.39 is 0 Å². The second kappa shape index (κ2) is 7.74. The van der Waals surface area contributed by atoms with E-state index in [-0.39, 0.29) is 11.9 Å². The maximum Gasteiger partial charge on any atom is 0.276 e. The van der Waals surface area contributed by atoms with Crippen LogP contribution in [-0.2, 0) is 6.42 Å². The van der Waals surface area contributed by atoms with Gasteiger partial charge in [0.15, 0.2) is 5.96 Å². The molecule has 0 radical (unpaired) electrons. The Balaban J connectivity index is 1.69. The van der Waals surface area contributed by atoms with Crippen LogP contribution in [0.2, 0.25) is 0 Å². The molecule has 1 heterocycles. The monoisotopic (exact) mass is 350 g/mol. The zero-order valence-electron chi connectivity index (χ0n) is 14.7. The number of fused-ring (bicyclic) bond motifs is 1. The van der Waals surface area contributed by atoms with Crippen molar-refractivity contribution in [2.45, 2.75) is 12.8 Å². The van der Waals surface area contributed by atoms with E-state index in [2.05, 4.69) is 17.1 Å². The largest absolute Gasteiger partial charge is 0.491 e. The molecule has 6 nitrogen and oxygen atoms in total. The molecule has 0 atom stereocenters. The van der Waals surface area contributed by atoms with Gasteiger partial charge in [-0.25, -0.2) is 0 Å². The number of nitrogens with two attached hydrogens (primary N) is 1. The third-order valence-electron chi connectivity index (χ3n) is 4.22. The molecule has 0 aliphatic heterocycles. The van der Waals surface area contributed by atoms with Crippen LogP contribution in [0.5, 0.6) is 5.75 Å². The molecule has 0 aliphatic carbocycles. The summed E-state index contributed by atoms with van der Waals surface area (Å²) in [5.41, 5.74) is 7.81. The number of aromatic amines is 1. The van der Waals surface area contributed by atoms with Gasteiger partial charge in [-0.3, -0.25) is 15.1 Å². The van der Waals surface area contributed by atoms with Crippen LogP contribution in [0.25, 0.3) is 10.9 Å². The summed E-state index contributed by atoms with van der Waals surface area (Å²) < 4.78 is 5.92. The second-order valence-corrected chi connectivity index (χ2v) is 6.09. The first-order chi connectivity index (χ1) is 12.6. The van der Waals surface area contributed by atoms with Gasteiger partial charge in [0, 0.05) is 12.4 Å². The molecule has 0 spiro atoms. The summed E-state index contributed by atoms with van der Waals surface area (Å²) in [6.45, 7) is 0.587. The molecule has 134 valence electrons. The van der Waals surface area contributed by atoms with E-state index in [9.17, 15) is 4.79 Å². The van der Waals surface area contributed by atoms with Crippen LogP contribution in [0.3, 0.4) is 0 Å². The number of H-pyrrole nitrogens is 1. The highest BCUT2D eigenvalue weighted by Gasteiger charge is 2.17. The lowest BCUT2D eigenvalue weighted by molar-refractivity contribution is 0.0864. The van der Waals surface area contributed by atoms with Crippen molar-refractivity contribution in [3.05, 3.63) is 65.9 Å². The average molecular weight is 350 g/mol. The van der Waals surface area contributed by atoms with E-state index in [1.54, 1.807) is 6.07 Å². The minimum atomic E-state index is -0.358. The summed E-state index contributed by atoms with van der Waals surface area (Å²) in [5, 5.41) is 8.26. The number of carbonyl (C=O) groups is 1.